The smallest absolute Gasteiger partial charge is 0.133 e. The van der Waals surface area contributed by atoms with Crippen molar-refractivity contribution in [2.24, 2.45) is 0 Å². The lowest BCUT2D eigenvalue weighted by atomic mass is 10.2. The standard InChI is InChI=1S/C13H9ClIN3/c1-8-2-3-10(15)6-11(8)17-13-5-9(7-16)4-12(14)18-13/h2-6H,1H3,(H,17,18). The van der Waals surface area contributed by atoms with Crippen LogP contribution in [0.3, 0.4) is 0 Å². The molecule has 0 aliphatic rings. The molecule has 0 radical (unpaired) electrons. The first-order chi connectivity index (χ1) is 8.58. The highest BCUT2D eigenvalue weighted by Gasteiger charge is 2.04. The van der Waals surface area contributed by atoms with Crippen molar-refractivity contribution in [3.63, 3.8) is 0 Å². The zero-order valence-electron chi connectivity index (χ0n) is 9.54. The van der Waals surface area contributed by atoms with Gasteiger partial charge in [0.1, 0.15) is 11.0 Å². The molecule has 5 heteroatoms. The molecule has 0 amide bonds. The van der Waals surface area contributed by atoms with Crippen molar-refractivity contribution >= 4 is 45.7 Å². The van der Waals surface area contributed by atoms with Crippen LogP contribution < -0.4 is 5.32 Å². The molecular weight excluding hydrogens is 361 g/mol. The van der Waals surface area contributed by atoms with E-state index in [1.165, 1.54) is 6.07 Å². The fraction of sp³-hybridized carbons (Fsp3) is 0.0769. The van der Waals surface area contributed by atoms with Gasteiger partial charge in [0.15, 0.2) is 0 Å². The molecule has 2 aromatic rings. The molecule has 0 aliphatic heterocycles. The van der Waals surface area contributed by atoms with E-state index >= 15 is 0 Å². The van der Waals surface area contributed by atoms with Gasteiger partial charge in [-0.15, -0.1) is 0 Å². The van der Waals surface area contributed by atoms with E-state index in [1.54, 1.807) is 6.07 Å². The minimum Gasteiger partial charge on any atom is -0.340 e. The second-order valence-corrected chi connectivity index (χ2v) is 5.39. The molecule has 0 atom stereocenters. The first kappa shape index (κ1) is 13.1. The van der Waals surface area contributed by atoms with Crippen LogP contribution in [0.25, 0.3) is 0 Å². The van der Waals surface area contributed by atoms with Crippen LogP contribution in [-0.2, 0) is 0 Å². The van der Waals surface area contributed by atoms with Crippen molar-refractivity contribution in [1.29, 1.82) is 5.26 Å². The number of pyridine rings is 1. The van der Waals surface area contributed by atoms with Crippen LogP contribution in [0.2, 0.25) is 5.15 Å². The Morgan fingerprint density at radius 1 is 1.33 bits per heavy atom. The zero-order chi connectivity index (χ0) is 13.1. The van der Waals surface area contributed by atoms with Gasteiger partial charge in [0.05, 0.1) is 11.6 Å². The highest BCUT2D eigenvalue weighted by molar-refractivity contribution is 14.1. The first-order valence-corrected chi connectivity index (χ1v) is 6.65. The van der Waals surface area contributed by atoms with Crippen molar-refractivity contribution in [3.05, 3.63) is 50.2 Å². The second-order valence-electron chi connectivity index (χ2n) is 3.76. The number of nitrogens with one attached hydrogen (secondary N) is 1. The molecule has 0 fully saturated rings. The van der Waals surface area contributed by atoms with Crippen molar-refractivity contribution < 1.29 is 0 Å². The summed E-state index contributed by atoms with van der Waals surface area (Å²) in [6.45, 7) is 2.01. The van der Waals surface area contributed by atoms with Crippen LogP contribution in [0.4, 0.5) is 11.5 Å². The minimum absolute atomic E-state index is 0.305. The summed E-state index contributed by atoms with van der Waals surface area (Å²) < 4.78 is 1.13. The number of anilines is 2. The van der Waals surface area contributed by atoms with Gasteiger partial charge in [-0.3, -0.25) is 0 Å². The largest absolute Gasteiger partial charge is 0.340 e. The Morgan fingerprint density at radius 2 is 2.11 bits per heavy atom. The van der Waals surface area contributed by atoms with E-state index in [1.807, 2.05) is 25.1 Å². The highest BCUT2D eigenvalue weighted by atomic mass is 127. The summed E-state index contributed by atoms with van der Waals surface area (Å²) in [4.78, 5) is 4.15. The average molecular weight is 370 g/mol. The minimum atomic E-state index is 0.305. The number of halogens is 2. The molecule has 18 heavy (non-hydrogen) atoms. The molecule has 1 aromatic carbocycles. The maximum Gasteiger partial charge on any atom is 0.133 e. The SMILES string of the molecule is Cc1ccc(I)cc1Nc1cc(C#N)cc(Cl)n1. The molecule has 2 rings (SSSR count). The number of hydrogen-bond acceptors (Lipinski definition) is 3. The van der Waals surface area contributed by atoms with Gasteiger partial charge in [0.25, 0.3) is 0 Å². The number of rotatable bonds is 2. The van der Waals surface area contributed by atoms with Crippen LogP contribution in [-0.4, -0.2) is 4.98 Å². The van der Waals surface area contributed by atoms with Crippen molar-refractivity contribution in [2.45, 2.75) is 6.92 Å². The van der Waals surface area contributed by atoms with Crippen LogP contribution in [0.15, 0.2) is 30.3 Å². The van der Waals surface area contributed by atoms with E-state index in [2.05, 4.69) is 39.0 Å². The van der Waals surface area contributed by atoms with E-state index in [0.717, 1.165) is 14.8 Å². The molecule has 0 aliphatic carbocycles. The summed E-state index contributed by atoms with van der Waals surface area (Å²) in [6, 6.07) is 11.3. The van der Waals surface area contributed by atoms with E-state index < -0.39 is 0 Å². The number of aryl methyl sites for hydroxylation is 1. The number of aromatic nitrogens is 1. The number of nitriles is 1. The van der Waals surface area contributed by atoms with Crippen molar-refractivity contribution in [3.8, 4) is 6.07 Å². The fourth-order valence-corrected chi connectivity index (χ4v) is 2.19. The quantitative estimate of drug-likeness (QED) is 0.635. The van der Waals surface area contributed by atoms with Crippen molar-refractivity contribution in [1.82, 2.24) is 4.98 Å². The van der Waals surface area contributed by atoms with Crippen LogP contribution in [0.1, 0.15) is 11.1 Å². The van der Waals surface area contributed by atoms with Gasteiger partial charge in [-0.05, 0) is 59.3 Å². The third kappa shape index (κ3) is 3.12. The van der Waals surface area contributed by atoms with E-state index in [4.69, 9.17) is 16.9 Å². The Balaban J connectivity index is 2.37. The molecule has 0 saturated heterocycles. The summed E-state index contributed by atoms with van der Waals surface area (Å²) in [5.74, 6) is 0.573. The Hall–Kier alpha value is -1.32. The van der Waals surface area contributed by atoms with Crippen LogP contribution in [0, 0.1) is 21.8 Å². The zero-order valence-corrected chi connectivity index (χ0v) is 12.5. The van der Waals surface area contributed by atoms with E-state index in [9.17, 15) is 0 Å². The van der Waals surface area contributed by atoms with Gasteiger partial charge in [0.2, 0.25) is 0 Å². The predicted octanol–water partition coefficient (Wildman–Crippen LogP) is 4.26. The normalized spacial score (nSPS) is 9.89. The topological polar surface area (TPSA) is 48.7 Å². The molecule has 1 N–H and O–H groups in total. The molecular formula is C13H9ClIN3. The molecule has 1 aromatic heterocycles. The lowest BCUT2D eigenvalue weighted by Crippen LogP contribution is -1.97. The third-order valence-electron chi connectivity index (χ3n) is 2.39. The summed E-state index contributed by atoms with van der Waals surface area (Å²) in [5, 5.41) is 12.4. The Labute approximate surface area is 124 Å². The highest BCUT2D eigenvalue weighted by Crippen LogP contribution is 2.23. The second kappa shape index (κ2) is 5.55. The summed E-state index contributed by atoms with van der Waals surface area (Å²) in [5.41, 5.74) is 2.55. The van der Waals surface area contributed by atoms with E-state index in [0.29, 0.717) is 16.5 Å². The lowest BCUT2D eigenvalue weighted by molar-refractivity contribution is 1.28. The fourth-order valence-electron chi connectivity index (χ4n) is 1.49. The van der Waals surface area contributed by atoms with E-state index in [-0.39, 0.29) is 0 Å². The van der Waals surface area contributed by atoms with Crippen LogP contribution in [0.5, 0.6) is 0 Å². The third-order valence-corrected chi connectivity index (χ3v) is 3.25. The molecule has 90 valence electrons. The molecule has 0 saturated carbocycles. The predicted molar refractivity (Wildman–Crippen MR) is 81.1 cm³/mol. The lowest BCUT2D eigenvalue weighted by Gasteiger charge is -2.09. The van der Waals surface area contributed by atoms with Crippen molar-refractivity contribution in [2.75, 3.05) is 5.32 Å². The van der Waals surface area contributed by atoms with Gasteiger partial charge < -0.3 is 5.32 Å². The van der Waals surface area contributed by atoms with Gasteiger partial charge >= 0.3 is 0 Å². The number of nitrogens with zero attached hydrogens (tertiary/aromatic N) is 2. The maximum atomic E-state index is 8.89. The number of hydrogen-bond donors (Lipinski definition) is 1. The summed E-state index contributed by atoms with van der Waals surface area (Å²) in [7, 11) is 0. The van der Waals surface area contributed by atoms with Gasteiger partial charge in [-0.2, -0.15) is 5.26 Å². The monoisotopic (exact) mass is 369 g/mol. The maximum absolute atomic E-state index is 8.89. The Bertz CT molecular complexity index is 635. The van der Waals surface area contributed by atoms with Gasteiger partial charge in [-0.25, -0.2) is 4.98 Å². The Morgan fingerprint density at radius 3 is 2.83 bits per heavy atom. The molecule has 1 heterocycles. The van der Waals surface area contributed by atoms with Gasteiger partial charge in [-0.1, -0.05) is 17.7 Å². The Kier molecular flexibility index (Phi) is 4.04. The van der Waals surface area contributed by atoms with Gasteiger partial charge in [0, 0.05) is 9.26 Å². The number of benzene rings is 1. The summed E-state index contributed by atoms with van der Waals surface area (Å²) in [6.07, 6.45) is 0. The first-order valence-electron chi connectivity index (χ1n) is 5.19. The molecule has 0 unspecified atom stereocenters. The molecule has 3 nitrogen and oxygen atoms in total. The molecule has 0 bridgehead atoms. The van der Waals surface area contributed by atoms with Crippen LogP contribution >= 0.6 is 34.2 Å². The molecule has 0 spiro atoms. The average Bonchev–Trinajstić information content (AvgIpc) is 2.33. The summed E-state index contributed by atoms with van der Waals surface area (Å²) >= 11 is 8.11.